The van der Waals surface area contributed by atoms with Crippen LogP contribution in [0.1, 0.15) is 12.0 Å². The molecule has 0 radical (unpaired) electrons. The van der Waals surface area contributed by atoms with Crippen molar-refractivity contribution in [1.82, 2.24) is 15.2 Å². The van der Waals surface area contributed by atoms with E-state index in [1.807, 2.05) is 65.4 Å². The third-order valence-corrected chi connectivity index (χ3v) is 4.35. The standard InChI is InChI=1S/C21H23N3O3/c1-27-18-8-6-16(7-9-18)14-22-21(26)15-23-20(25)11-13-24-12-10-17-4-2-3-5-19(17)24/h2-10,12H,11,13-15H2,1H3,(H,22,26)(H,23,25). The summed E-state index contributed by atoms with van der Waals surface area (Å²) in [6, 6.07) is 17.5. The molecule has 0 saturated carbocycles. The summed E-state index contributed by atoms with van der Waals surface area (Å²) in [5.41, 5.74) is 2.07. The molecule has 0 bridgehead atoms. The first-order chi connectivity index (χ1) is 13.2. The fourth-order valence-corrected chi connectivity index (χ4v) is 2.83. The van der Waals surface area contributed by atoms with Crippen LogP contribution in [0.2, 0.25) is 0 Å². The summed E-state index contributed by atoms with van der Waals surface area (Å²) in [7, 11) is 1.61. The third kappa shape index (κ3) is 5.10. The highest BCUT2D eigenvalue weighted by molar-refractivity contribution is 5.85. The van der Waals surface area contributed by atoms with Crippen molar-refractivity contribution in [1.29, 1.82) is 0 Å². The molecule has 6 nitrogen and oxygen atoms in total. The van der Waals surface area contributed by atoms with Crippen molar-refractivity contribution in [3.05, 3.63) is 66.4 Å². The zero-order valence-corrected chi connectivity index (χ0v) is 15.3. The van der Waals surface area contributed by atoms with Crippen LogP contribution < -0.4 is 15.4 Å². The fourth-order valence-electron chi connectivity index (χ4n) is 2.83. The number of nitrogens with zero attached hydrogens (tertiary/aromatic N) is 1. The number of aryl methyl sites for hydroxylation is 1. The minimum Gasteiger partial charge on any atom is -0.497 e. The van der Waals surface area contributed by atoms with E-state index in [1.165, 1.54) is 0 Å². The third-order valence-electron chi connectivity index (χ3n) is 4.35. The molecule has 140 valence electrons. The summed E-state index contributed by atoms with van der Waals surface area (Å²) in [4.78, 5) is 23.9. The minimum atomic E-state index is -0.217. The summed E-state index contributed by atoms with van der Waals surface area (Å²) in [5, 5.41) is 6.60. The number of ether oxygens (including phenoxy) is 1. The number of hydrogen-bond acceptors (Lipinski definition) is 3. The van der Waals surface area contributed by atoms with Gasteiger partial charge in [-0.05, 0) is 35.2 Å². The number of para-hydroxylation sites is 1. The molecule has 1 heterocycles. The molecule has 0 unspecified atom stereocenters. The maximum atomic E-state index is 12.0. The van der Waals surface area contributed by atoms with E-state index >= 15 is 0 Å². The van der Waals surface area contributed by atoms with Crippen molar-refractivity contribution < 1.29 is 14.3 Å². The highest BCUT2D eigenvalue weighted by Gasteiger charge is 2.07. The van der Waals surface area contributed by atoms with E-state index < -0.39 is 0 Å². The van der Waals surface area contributed by atoms with E-state index in [9.17, 15) is 9.59 Å². The molecule has 2 amide bonds. The van der Waals surface area contributed by atoms with E-state index in [-0.39, 0.29) is 18.4 Å². The highest BCUT2D eigenvalue weighted by atomic mass is 16.5. The summed E-state index contributed by atoms with van der Waals surface area (Å²) in [6.07, 6.45) is 2.30. The molecule has 2 aromatic carbocycles. The fraction of sp³-hybridized carbons (Fsp3) is 0.238. The number of carbonyl (C=O) groups is 2. The van der Waals surface area contributed by atoms with Crippen LogP contribution >= 0.6 is 0 Å². The van der Waals surface area contributed by atoms with Gasteiger partial charge in [0.1, 0.15) is 5.75 Å². The van der Waals surface area contributed by atoms with Crippen molar-refractivity contribution in [2.24, 2.45) is 0 Å². The Labute approximate surface area is 158 Å². The van der Waals surface area contributed by atoms with Crippen LogP contribution in [0.25, 0.3) is 10.9 Å². The normalized spacial score (nSPS) is 10.6. The Morgan fingerprint density at radius 2 is 1.74 bits per heavy atom. The van der Waals surface area contributed by atoms with Crippen LogP contribution in [0.4, 0.5) is 0 Å². The average molecular weight is 365 g/mol. The smallest absolute Gasteiger partial charge is 0.239 e. The number of aromatic nitrogens is 1. The lowest BCUT2D eigenvalue weighted by Gasteiger charge is -2.09. The highest BCUT2D eigenvalue weighted by Crippen LogP contribution is 2.15. The molecule has 0 aliphatic rings. The van der Waals surface area contributed by atoms with Gasteiger partial charge in [-0.2, -0.15) is 0 Å². The predicted molar refractivity (Wildman–Crippen MR) is 104 cm³/mol. The van der Waals surface area contributed by atoms with Gasteiger partial charge in [-0.3, -0.25) is 9.59 Å². The molecule has 0 saturated heterocycles. The number of rotatable bonds is 8. The molecule has 0 aliphatic heterocycles. The predicted octanol–water partition coefficient (Wildman–Crippen LogP) is 2.47. The number of hydrogen-bond donors (Lipinski definition) is 2. The summed E-state index contributed by atoms with van der Waals surface area (Å²) >= 11 is 0. The van der Waals surface area contributed by atoms with E-state index in [0.717, 1.165) is 22.2 Å². The van der Waals surface area contributed by atoms with Crippen molar-refractivity contribution in [3.63, 3.8) is 0 Å². The first kappa shape index (κ1) is 18.5. The van der Waals surface area contributed by atoms with Crippen LogP contribution in [-0.2, 0) is 22.7 Å². The number of methoxy groups -OCH3 is 1. The maximum absolute atomic E-state index is 12.0. The second-order valence-electron chi connectivity index (χ2n) is 6.22. The van der Waals surface area contributed by atoms with Gasteiger partial charge < -0.3 is 19.9 Å². The number of fused-ring (bicyclic) bond motifs is 1. The Morgan fingerprint density at radius 1 is 0.963 bits per heavy atom. The van der Waals surface area contributed by atoms with E-state index in [1.54, 1.807) is 7.11 Å². The zero-order valence-electron chi connectivity index (χ0n) is 15.3. The number of benzene rings is 2. The lowest BCUT2D eigenvalue weighted by Crippen LogP contribution is -2.36. The SMILES string of the molecule is COc1ccc(CNC(=O)CNC(=O)CCn2ccc3ccccc32)cc1. The molecule has 0 atom stereocenters. The van der Waals surface area contributed by atoms with Crippen molar-refractivity contribution in [2.75, 3.05) is 13.7 Å². The molecule has 1 aromatic heterocycles. The van der Waals surface area contributed by atoms with Gasteiger partial charge in [0, 0.05) is 31.2 Å². The van der Waals surface area contributed by atoms with Gasteiger partial charge in [0.25, 0.3) is 0 Å². The van der Waals surface area contributed by atoms with Crippen molar-refractivity contribution in [2.45, 2.75) is 19.5 Å². The molecular formula is C21H23N3O3. The van der Waals surface area contributed by atoms with E-state index in [2.05, 4.69) is 10.6 Å². The molecular weight excluding hydrogens is 342 g/mol. The van der Waals surface area contributed by atoms with E-state index in [4.69, 9.17) is 4.74 Å². The van der Waals surface area contributed by atoms with Crippen LogP contribution in [0.15, 0.2) is 60.8 Å². The molecule has 0 aliphatic carbocycles. The molecule has 3 aromatic rings. The molecule has 0 fully saturated rings. The average Bonchev–Trinajstić information content (AvgIpc) is 3.12. The van der Waals surface area contributed by atoms with Gasteiger partial charge in [-0.15, -0.1) is 0 Å². The van der Waals surface area contributed by atoms with Crippen LogP contribution in [0, 0.1) is 0 Å². The Hall–Kier alpha value is -3.28. The minimum absolute atomic E-state index is 0.0264. The van der Waals surface area contributed by atoms with Crippen molar-refractivity contribution >= 4 is 22.7 Å². The summed E-state index contributed by atoms with van der Waals surface area (Å²) in [5.74, 6) is 0.408. The summed E-state index contributed by atoms with van der Waals surface area (Å²) < 4.78 is 7.14. The van der Waals surface area contributed by atoms with Crippen LogP contribution in [0.5, 0.6) is 5.75 Å². The largest absolute Gasteiger partial charge is 0.497 e. The van der Waals surface area contributed by atoms with Gasteiger partial charge in [0.2, 0.25) is 11.8 Å². The van der Waals surface area contributed by atoms with Gasteiger partial charge in [0.05, 0.1) is 13.7 Å². The first-order valence-electron chi connectivity index (χ1n) is 8.86. The first-order valence-corrected chi connectivity index (χ1v) is 8.86. The number of carbonyl (C=O) groups excluding carboxylic acids is 2. The number of nitrogens with one attached hydrogen (secondary N) is 2. The van der Waals surface area contributed by atoms with Crippen LogP contribution in [-0.4, -0.2) is 30.0 Å². The van der Waals surface area contributed by atoms with Crippen LogP contribution in [0.3, 0.4) is 0 Å². The number of amides is 2. The molecule has 3 rings (SSSR count). The molecule has 27 heavy (non-hydrogen) atoms. The Kier molecular flexibility index (Phi) is 6.10. The maximum Gasteiger partial charge on any atom is 0.239 e. The molecule has 6 heteroatoms. The second kappa shape index (κ2) is 8.89. The Balaban J connectivity index is 1.38. The Morgan fingerprint density at radius 3 is 2.52 bits per heavy atom. The van der Waals surface area contributed by atoms with Gasteiger partial charge in [-0.1, -0.05) is 30.3 Å². The molecule has 2 N–H and O–H groups in total. The quantitative estimate of drug-likeness (QED) is 0.644. The second-order valence-corrected chi connectivity index (χ2v) is 6.22. The lowest BCUT2D eigenvalue weighted by atomic mass is 10.2. The van der Waals surface area contributed by atoms with Crippen molar-refractivity contribution in [3.8, 4) is 5.75 Å². The zero-order chi connectivity index (χ0) is 19.1. The van der Waals surface area contributed by atoms with E-state index in [0.29, 0.717) is 19.5 Å². The lowest BCUT2D eigenvalue weighted by molar-refractivity contribution is -0.126. The monoisotopic (exact) mass is 365 g/mol. The molecule has 0 spiro atoms. The summed E-state index contributed by atoms with van der Waals surface area (Å²) in [6.45, 7) is 0.961. The van der Waals surface area contributed by atoms with Gasteiger partial charge in [-0.25, -0.2) is 0 Å². The van der Waals surface area contributed by atoms with Gasteiger partial charge in [0.15, 0.2) is 0 Å². The Bertz CT molecular complexity index is 916. The topological polar surface area (TPSA) is 72.4 Å². The van der Waals surface area contributed by atoms with Gasteiger partial charge >= 0.3 is 0 Å².